The van der Waals surface area contributed by atoms with E-state index in [0.29, 0.717) is 17.5 Å². The van der Waals surface area contributed by atoms with E-state index in [2.05, 4.69) is 26.7 Å². The van der Waals surface area contributed by atoms with Crippen LogP contribution >= 0.6 is 11.8 Å². The molecule has 3 aromatic rings. The Balaban J connectivity index is 1.73. The molecular weight excluding hydrogens is 374 g/mol. The van der Waals surface area contributed by atoms with Crippen molar-refractivity contribution in [3.8, 4) is 11.4 Å². The molecule has 0 saturated heterocycles. The number of Topliss-reactive ketones (excluding diaryl/α,β-unsaturated/α-hetero) is 1. The number of aryl methyl sites for hydroxylation is 1. The van der Waals surface area contributed by atoms with E-state index in [0.717, 1.165) is 28.3 Å². The fourth-order valence-corrected chi connectivity index (χ4v) is 4.24. The van der Waals surface area contributed by atoms with E-state index in [1.165, 1.54) is 11.8 Å². The summed E-state index contributed by atoms with van der Waals surface area (Å²) in [6.07, 6.45) is 3.47. The van der Waals surface area contributed by atoms with Crippen molar-refractivity contribution in [2.45, 2.75) is 32.0 Å². The van der Waals surface area contributed by atoms with Crippen LogP contribution in [0.4, 0.5) is 0 Å². The molecule has 0 spiro atoms. The van der Waals surface area contributed by atoms with Gasteiger partial charge in [0.2, 0.25) is 0 Å². The average molecular weight is 400 g/mol. The van der Waals surface area contributed by atoms with Crippen LogP contribution < -0.4 is 0 Å². The van der Waals surface area contributed by atoms with Crippen LogP contribution in [0.5, 0.6) is 0 Å². The molecule has 7 nitrogen and oxygen atoms in total. The van der Waals surface area contributed by atoms with Crippen LogP contribution in [0.15, 0.2) is 35.7 Å². The molecule has 0 aliphatic rings. The number of hydrogen-bond donors (Lipinski definition) is 0. The third-order valence-electron chi connectivity index (χ3n) is 4.72. The van der Waals surface area contributed by atoms with E-state index in [4.69, 9.17) is 4.74 Å². The van der Waals surface area contributed by atoms with Gasteiger partial charge in [-0.2, -0.15) is 0 Å². The Morgan fingerprint density at radius 2 is 2.11 bits per heavy atom. The molecule has 1 unspecified atom stereocenters. The number of carbonyl (C=O) groups is 1. The molecule has 0 bridgehead atoms. The summed E-state index contributed by atoms with van der Waals surface area (Å²) in [5, 5.41) is 9.17. The molecule has 0 radical (unpaired) electrons. The van der Waals surface area contributed by atoms with Gasteiger partial charge in [0.25, 0.3) is 0 Å². The predicted molar refractivity (Wildman–Crippen MR) is 110 cm³/mol. The van der Waals surface area contributed by atoms with Crippen LogP contribution in [-0.4, -0.2) is 49.6 Å². The van der Waals surface area contributed by atoms with Gasteiger partial charge in [0.15, 0.2) is 16.8 Å². The minimum absolute atomic E-state index is 0.0832. The van der Waals surface area contributed by atoms with Gasteiger partial charge < -0.3 is 13.9 Å². The summed E-state index contributed by atoms with van der Waals surface area (Å²) in [7, 11) is 3.58. The fraction of sp³-hybridized carbons (Fsp3) is 0.400. The van der Waals surface area contributed by atoms with Gasteiger partial charge in [-0.15, -0.1) is 10.2 Å². The SMILES string of the molecule is COCC(C)n1c(C)cc(C(=O)CSc2nnc(-c3cccnc3)n2C)c1C. The molecule has 0 aliphatic heterocycles. The number of pyridine rings is 1. The molecule has 1 atom stereocenters. The Bertz CT molecular complexity index is 965. The van der Waals surface area contributed by atoms with Crippen LogP contribution in [0.2, 0.25) is 0 Å². The van der Waals surface area contributed by atoms with Crippen LogP contribution in [0.3, 0.4) is 0 Å². The molecular formula is C20H25N5O2S. The van der Waals surface area contributed by atoms with Crippen molar-refractivity contribution >= 4 is 17.5 Å². The Hall–Kier alpha value is -2.45. The molecule has 3 rings (SSSR count). The number of ether oxygens (including phenoxy) is 1. The van der Waals surface area contributed by atoms with E-state index in [9.17, 15) is 4.79 Å². The van der Waals surface area contributed by atoms with Crippen molar-refractivity contribution in [3.05, 3.63) is 47.5 Å². The first-order chi connectivity index (χ1) is 13.4. The molecule has 3 heterocycles. The number of rotatable bonds is 8. The predicted octanol–water partition coefficient (Wildman–Crippen LogP) is 3.48. The van der Waals surface area contributed by atoms with Gasteiger partial charge in [0, 0.05) is 49.1 Å². The quantitative estimate of drug-likeness (QED) is 0.426. The highest BCUT2D eigenvalue weighted by Crippen LogP contribution is 2.25. The molecule has 0 amide bonds. The number of carbonyl (C=O) groups excluding carboxylic acids is 1. The molecule has 3 aromatic heterocycles. The van der Waals surface area contributed by atoms with Crippen molar-refractivity contribution < 1.29 is 9.53 Å². The smallest absolute Gasteiger partial charge is 0.191 e. The van der Waals surface area contributed by atoms with Crippen molar-refractivity contribution in [2.24, 2.45) is 7.05 Å². The lowest BCUT2D eigenvalue weighted by molar-refractivity contribution is 0.102. The largest absolute Gasteiger partial charge is 0.383 e. The third kappa shape index (κ3) is 4.02. The number of hydrogen-bond acceptors (Lipinski definition) is 6. The molecule has 0 aliphatic carbocycles. The molecule has 28 heavy (non-hydrogen) atoms. The zero-order valence-corrected chi connectivity index (χ0v) is 17.7. The van der Waals surface area contributed by atoms with E-state index >= 15 is 0 Å². The van der Waals surface area contributed by atoms with Crippen molar-refractivity contribution in [1.82, 2.24) is 24.3 Å². The summed E-state index contributed by atoms with van der Waals surface area (Å²) < 4.78 is 9.31. The summed E-state index contributed by atoms with van der Waals surface area (Å²) in [6.45, 7) is 6.70. The van der Waals surface area contributed by atoms with Gasteiger partial charge in [0.05, 0.1) is 18.4 Å². The average Bonchev–Trinajstić information content (AvgIpc) is 3.20. The number of thioether (sulfide) groups is 1. The Morgan fingerprint density at radius 3 is 2.79 bits per heavy atom. The van der Waals surface area contributed by atoms with E-state index < -0.39 is 0 Å². The van der Waals surface area contributed by atoms with Gasteiger partial charge in [-0.1, -0.05) is 11.8 Å². The maximum absolute atomic E-state index is 12.8. The highest BCUT2D eigenvalue weighted by Gasteiger charge is 2.20. The fourth-order valence-electron chi connectivity index (χ4n) is 3.45. The highest BCUT2D eigenvalue weighted by atomic mass is 32.2. The summed E-state index contributed by atoms with van der Waals surface area (Å²) in [4.78, 5) is 17.0. The topological polar surface area (TPSA) is 74.8 Å². The van der Waals surface area contributed by atoms with Gasteiger partial charge in [0.1, 0.15) is 0 Å². The van der Waals surface area contributed by atoms with Gasteiger partial charge >= 0.3 is 0 Å². The normalized spacial score (nSPS) is 12.3. The summed E-state index contributed by atoms with van der Waals surface area (Å²) >= 11 is 1.39. The van der Waals surface area contributed by atoms with Crippen molar-refractivity contribution in [2.75, 3.05) is 19.5 Å². The van der Waals surface area contributed by atoms with Crippen LogP contribution in [0, 0.1) is 13.8 Å². The molecule has 0 fully saturated rings. The summed E-state index contributed by atoms with van der Waals surface area (Å²) in [5.74, 6) is 1.12. The van der Waals surface area contributed by atoms with E-state index in [1.54, 1.807) is 19.5 Å². The number of aromatic nitrogens is 5. The Labute approximate surface area is 169 Å². The van der Waals surface area contributed by atoms with E-state index in [1.807, 2.05) is 43.7 Å². The second kappa shape index (κ2) is 8.70. The summed E-state index contributed by atoms with van der Waals surface area (Å²) in [5.41, 5.74) is 3.68. The molecule has 8 heteroatoms. The molecule has 148 valence electrons. The molecule has 0 N–H and O–H groups in total. The van der Waals surface area contributed by atoms with Gasteiger partial charge in [-0.05, 0) is 39.0 Å². The van der Waals surface area contributed by atoms with Gasteiger partial charge in [-0.25, -0.2) is 0 Å². The standard InChI is InChI=1S/C20H25N5O2S/c1-13-9-17(15(3)25(13)14(2)11-27-5)18(26)12-28-20-23-22-19(24(20)4)16-7-6-8-21-10-16/h6-10,14H,11-12H2,1-5H3. The van der Waals surface area contributed by atoms with Crippen LogP contribution in [0.25, 0.3) is 11.4 Å². The lowest BCUT2D eigenvalue weighted by Crippen LogP contribution is -2.14. The van der Waals surface area contributed by atoms with Crippen LogP contribution in [-0.2, 0) is 11.8 Å². The lowest BCUT2D eigenvalue weighted by Gasteiger charge is -2.17. The number of ketones is 1. The Morgan fingerprint density at radius 1 is 1.32 bits per heavy atom. The van der Waals surface area contributed by atoms with Crippen molar-refractivity contribution in [1.29, 1.82) is 0 Å². The van der Waals surface area contributed by atoms with Crippen LogP contribution in [0.1, 0.15) is 34.7 Å². The molecule has 0 aromatic carbocycles. The monoisotopic (exact) mass is 399 g/mol. The first-order valence-electron chi connectivity index (χ1n) is 9.07. The Kier molecular flexibility index (Phi) is 6.31. The third-order valence-corrected chi connectivity index (χ3v) is 5.74. The first-order valence-corrected chi connectivity index (χ1v) is 10.1. The first kappa shape index (κ1) is 20.3. The van der Waals surface area contributed by atoms with E-state index in [-0.39, 0.29) is 11.8 Å². The second-order valence-corrected chi connectivity index (χ2v) is 7.72. The highest BCUT2D eigenvalue weighted by molar-refractivity contribution is 7.99. The maximum atomic E-state index is 12.8. The van der Waals surface area contributed by atoms with Crippen molar-refractivity contribution in [3.63, 3.8) is 0 Å². The molecule has 0 saturated carbocycles. The minimum Gasteiger partial charge on any atom is -0.383 e. The number of nitrogens with zero attached hydrogens (tertiary/aromatic N) is 5. The lowest BCUT2D eigenvalue weighted by atomic mass is 10.2. The zero-order valence-electron chi connectivity index (χ0n) is 16.8. The van der Waals surface area contributed by atoms with Gasteiger partial charge in [-0.3, -0.25) is 9.78 Å². The minimum atomic E-state index is 0.0832. The number of methoxy groups -OCH3 is 1. The zero-order chi connectivity index (χ0) is 20.3. The summed E-state index contributed by atoms with van der Waals surface area (Å²) in [6, 6.07) is 5.94. The maximum Gasteiger partial charge on any atom is 0.191 e. The second-order valence-electron chi connectivity index (χ2n) is 6.78.